The smallest absolute Gasteiger partial charge is 0.334 e. The molecule has 0 aliphatic rings. The second-order valence-corrected chi connectivity index (χ2v) is 7.20. The van der Waals surface area contributed by atoms with Crippen molar-refractivity contribution in [2.24, 2.45) is 0 Å². The topological polar surface area (TPSA) is 58.4 Å². The van der Waals surface area contributed by atoms with Crippen molar-refractivity contribution in [3.63, 3.8) is 0 Å². The number of urea groups is 1. The van der Waals surface area contributed by atoms with Crippen molar-refractivity contribution in [3.05, 3.63) is 89.2 Å². The summed E-state index contributed by atoms with van der Waals surface area (Å²) in [7, 11) is 0. The number of halogens is 4. The van der Waals surface area contributed by atoms with Crippen molar-refractivity contribution < 1.29 is 18.0 Å². The van der Waals surface area contributed by atoms with Crippen LogP contribution >= 0.6 is 11.6 Å². The van der Waals surface area contributed by atoms with Crippen LogP contribution in [-0.2, 0) is 12.7 Å². The highest BCUT2D eigenvalue weighted by Gasteiger charge is 2.33. The number of nitrogens with zero attached hydrogens (tertiary/aromatic N) is 2. The number of carbonyl (C=O) groups is 1. The number of anilines is 1. The van der Waals surface area contributed by atoms with Crippen molar-refractivity contribution in [3.8, 4) is 11.3 Å². The van der Waals surface area contributed by atoms with E-state index in [9.17, 15) is 18.0 Å². The lowest BCUT2D eigenvalue weighted by atomic mass is 10.1. The van der Waals surface area contributed by atoms with Crippen molar-refractivity contribution in [1.29, 1.82) is 0 Å². The van der Waals surface area contributed by atoms with E-state index in [1.165, 1.54) is 6.07 Å². The number of carbonyl (C=O) groups excluding carboxylic acids is 1. The molecule has 2 heterocycles. The number of hydrogen-bond donors (Lipinski definition) is 2. The lowest BCUT2D eigenvalue weighted by molar-refractivity contribution is -0.137. The number of aromatic nitrogens is 2. The van der Waals surface area contributed by atoms with Crippen LogP contribution in [0, 0.1) is 0 Å². The van der Waals surface area contributed by atoms with Crippen LogP contribution in [-0.4, -0.2) is 15.4 Å². The van der Waals surface area contributed by atoms with Crippen LogP contribution in [0.25, 0.3) is 16.9 Å². The lowest BCUT2D eigenvalue weighted by Crippen LogP contribution is -2.28. The van der Waals surface area contributed by atoms with Gasteiger partial charge in [-0.2, -0.15) is 13.2 Å². The molecule has 158 valence electrons. The molecule has 0 saturated carbocycles. The number of nitrogens with one attached hydrogen (secondary N) is 2. The van der Waals surface area contributed by atoms with E-state index in [-0.39, 0.29) is 12.2 Å². The molecule has 31 heavy (non-hydrogen) atoms. The van der Waals surface area contributed by atoms with Gasteiger partial charge in [0.25, 0.3) is 0 Å². The number of rotatable bonds is 4. The average Bonchev–Trinajstić information content (AvgIpc) is 3.17. The van der Waals surface area contributed by atoms with Gasteiger partial charge in [0.2, 0.25) is 0 Å². The van der Waals surface area contributed by atoms with E-state index >= 15 is 0 Å². The number of hydrogen-bond acceptors (Lipinski definition) is 2. The standard InChI is InChI=1S/C22H16ClF3N4O/c23-18-8-7-16(11-17(18)22(24,25)26)28-21(31)27-12-14-4-3-5-15(10-14)19-13-30-9-2-1-6-20(30)29-19/h1-11,13H,12H2,(H2,27,28,31). The summed E-state index contributed by atoms with van der Waals surface area (Å²) < 4.78 is 40.8. The zero-order chi connectivity index (χ0) is 22.0. The minimum atomic E-state index is -4.61. The van der Waals surface area contributed by atoms with Crippen molar-refractivity contribution in [1.82, 2.24) is 14.7 Å². The number of amides is 2. The van der Waals surface area contributed by atoms with Crippen LogP contribution in [0.1, 0.15) is 11.1 Å². The van der Waals surface area contributed by atoms with Gasteiger partial charge in [0, 0.05) is 30.2 Å². The Morgan fingerprint density at radius 3 is 2.68 bits per heavy atom. The third-order valence-electron chi connectivity index (χ3n) is 4.57. The monoisotopic (exact) mass is 444 g/mol. The predicted molar refractivity (Wildman–Crippen MR) is 113 cm³/mol. The molecule has 5 nitrogen and oxygen atoms in total. The van der Waals surface area contributed by atoms with E-state index < -0.39 is 22.8 Å². The Hall–Kier alpha value is -3.52. The van der Waals surface area contributed by atoms with Gasteiger partial charge < -0.3 is 15.0 Å². The van der Waals surface area contributed by atoms with E-state index in [1.54, 1.807) is 0 Å². The molecular formula is C22H16ClF3N4O. The molecule has 2 aromatic heterocycles. The number of imidazole rings is 1. The van der Waals surface area contributed by atoms with Gasteiger partial charge in [0.15, 0.2) is 0 Å². The Kier molecular flexibility index (Phi) is 5.56. The molecule has 0 aliphatic carbocycles. The summed E-state index contributed by atoms with van der Waals surface area (Å²) in [5, 5.41) is 4.60. The summed E-state index contributed by atoms with van der Waals surface area (Å²) in [6.45, 7) is 0.187. The fourth-order valence-electron chi connectivity index (χ4n) is 3.09. The zero-order valence-electron chi connectivity index (χ0n) is 15.9. The highest BCUT2D eigenvalue weighted by atomic mass is 35.5. The summed E-state index contributed by atoms with van der Waals surface area (Å²) in [6.07, 6.45) is -0.792. The summed E-state index contributed by atoms with van der Waals surface area (Å²) in [5.74, 6) is 0. The summed E-state index contributed by atoms with van der Waals surface area (Å²) in [5.41, 5.74) is 2.30. The first-order chi connectivity index (χ1) is 14.8. The molecule has 0 aliphatic heterocycles. The minimum Gasteiger partial charge on any atom is -0.334 e. The summed E-state index contributed by atoms with van der Waals surface area (Å²) >= 11 is 5.59. The molecule has 2 N–H and O–H groups in total. The molecule has 0 atom stereocenters. The largest absolute Gasteiger partial charge is 0.417 e. The number of benzene rings is 2. The van der Waals surface area contributed by atoms with Crippen LogP contribution < -0.4 is 10.6 Å². The second-order valence-electron chi connectivity index (χ2n) is 6.79. The number of alkyl halides is 3. The van der Waals surface area contributed by atoms with Crippen LogP contribution in [0.5, 0.6) is 0 Å². The molecule has 0 fully saturated rings. The average molecular weight is 445 g/mol. The van der Waals surface area contributed by atoms with Gasteiger partial charge in [0.1, 0.15) is 5.65 Å². The Morgan fingerprint density at radius 2 is 1.90 bits per heavy atom. The Morgan fingerprint density at radius 1 is 1.06 bits per heavy atom. The number of fused-ring (bicyclic) bond motifs is 1. The minimum absolute atomic E-state index is 0.00678. The molecule has 0 radical (unpaired) electrons. The molecule has 4 aromatic rings. The van der Waals surface area contributed by atoms with Crippen LogP contribution in [0.3, 0.4) is 0 Å². The van der Waals surface area contributed by atoms with E-state index in [2.05, 4.69) is 15.6 Å². The fourth-order valence-corrected chi connectivity index (χ4v) is 3.32. The van der Waals surface area contributed by atoms with Crippen LogP contribution in [0.2, 0.25) is 5.02 Å². The molecule has 0 spiro atoms. The quantitative estimate of drug-likeness (QED) is 0.406. The first-order valence-electron chi connectivity index (χ1n) is 9.24. The molecule has 2 amide bonds. The molecule has 2 aromatic carbocycles. The van der Waals surface area contributed by atoms with Gasteiger partial charge in [-0.1, -0.05) is 35.9 Å². The van der Waals surface area contributed by atoms with Crippen molar-refractivity contribution in [2.75, 3.05) is 5.32 Å². The SMILES string of the molecule is O=C(NCc1cccc(-c2cn3ccccc3n2)c1)Nc1ccc(Cl)c(C(F)(F)F)c1. The van der Waals surface area contributed by atoms with E-state index in [0.29, 0.717) is 0 Å². The summed E-state index contributed by atoms with van der Waals surface area (Å²) in [4.78, 5) is 16.7. The summed E-state index contributed by atoms with van der Waals surface area (Å²) in [6, 6.07) is 15.8. The van der Waals surface area contributed by atoms with Gasteiger partial charge in [0.05, 0.1) is 16.3 Å². The maximum atomic E-state index is 13.0. The normalized spacial score (nSPS) is 11.5. The molecule has 0 bridgehead atoms. The first kappa shape index (κ1) is 20.7. The molecule has 9 heteroatoms. The Balaban J connectivity index is 1.43. The van der Waals surface area contributed by atoms with E-state index in [1.807, 2.05) is 59.3 Å². The van der Waals surface area contributed by atoms with Crippen LogP contribution in [0.15, 0.2) is 73.1 Å². The highest BCUT2D eigenvalue weighted by molar-refractivity contribution is 6.31. The Labute approximate surface area is 180 Å². The van der Waals surface area contributed by atoms with Crippen molar-refractivity contribution >= 4 is 29.0 Å². The molecule has 0 saturated heterocycles. The van der Waals surface area contributed by atoms with Gasteiger partial charge in [-0.25, -0.2) is 9.78 Å². The van der Waals surface area contributed by atoms with Gasteiger partial charge in [-0.15, -0.1) is 0 Å². The molecule has 0 unspecified atom stereocenters. The number of pyridine rings is 1. The zero-order valence-corrected chi connectivity index (χ0v) is 16.7. The first-order valence-corrected chi connectivity index (χ1v) is 9.62. The molecular weight excluding hydrogens is 429 g/mol. The van der Waals surface area contributed by atoms with Gasteiger partial charge >= 0.3 is 12.2 Å². The third-order valence-corrected chi connectivity index (χ3v) is 4.90. The maximum absolute atomic E-state index is 13.0. The predicted octanol–water partition coefficient (Wildman–Crippen LogP) is 6.00. The lowest BCUT2D eigenvalue weighted by Gasteiger charge is -2.12. The maximum Gasteiger partial charge on any atom is 0.417 e. The van der Waals surface area contributed by atoms with Gasteiger partial charge in [-0.05, 0) is 42.0 Å². The van der Waals surface area contributed by atoms with Crippen molar-refractivity contribution in [2.45, 2.75) is 12.7 Å². The third kappa shape index (κ3) is 4.80. The second kappa shape index (κ2) is 8.31. The fraction of sp³-hybridized carbons (Fsp3) is 0.0909. The Bertz CT molecular complexity index is 1220. The highest BCUT2D eigenvalue weighted by Crippen LogP contribution is 2.36. The molecule has 4 rings (SSSR count). The van der Waals surface area contributed by atoms with Crippen LogP contribution in [0.4, 0.5) is 23.7 Å². The van der Waals surface area contributed by atoms with E-state index in [0.717, 1.165) is 34.6 Å². The van der Waals surface area contributed by atoms with Gasteiger partial charge in [-0.3, -0.25) is 0 Å². The van der Waals surface area contributed by atoms with E-state index in [4.69, 9.17) is 11.6 Å².